The van der Waals surface area contributed by atoms with E-state index in [4.69, 9.17) is 5.73 Å². The van der Waals surface area contributed by atoms with Crippen LogP contribution < -0.4 is 11.1 Å². The molecule has 1 heterocycles. The SMILES string of the molecule is NC(=O)CSc1ccccc1NC(=O)c1cccnc1. The number of primary amides is 1. The minimum absolute atomic E-state index is 0.166. The quantitative estimate of drug-likeness (QED) is 0.823. The number of carbonyl (C=O) groups excluding carboxylic acids is 2. The van der Waals surface area contributed by atoms with E-state index in [0.29, 0.717) is 11.3 Å². The molecule has 3 N–H and O–H groups in total. The molecule has 2 aromatic rings. The zero-order valence-corrected chi connectivity index (χ0v) is 11.4. The van der Waals surface area contributed by atoms with E-state index < -0.39 is 5.91 Å². The van der Waals surface area contributed by atoms with Gasteiger partial charge in [-0.3, -0.25) is 14.6 Å². The molecule has 1 aromatic heterocycles. The lowest BCUT2D eigenvalue weighted by Gasteiger charge is -2.09. The molecule has 6 heteroatoms. The molecule has 0 fully saturated rings. The van der Waals surface area contributed by atoms with Gasteiger partial charge < -0.3 is 11.1 Å². The molecule has 0 aliphatic heterocycles. The van der Waals surface area contributed by atoms with Crippen LogP contribution in [-0.2, 0) is 4.79 Å². The summed E-state index contributed by atoms with van der Waals surface area (Å²) >= 11 is 1.29. The number of hydrogen-bond acceptors (Lipinski definition) is 4. The molecule has 0 spiro atoms. The Bertz CT molecular complexity index is 617. The van der Waals surface area contributed by atoms with Gasteiger partial charge in [-0.2, -0.15) is 0 Å². The highest BCUT2D eigenvalue weighted by Gasteiger charge is 2.09. The van der Waals surface area contributed by atoms with E-state index >= 15 is 0 Å². The van der Waals surface area contributed by atoms with Gasteiger partial charge in [0.1, 0.15) is 0 Å². The fourth-order valence-corrected chi connectivity index (χ4v) is 2.28. The van der Waals surface area contributed by atoms with Crippen LogP contribution in [0.1, 0.15) is 10.4 Å². The zero-order chi connectivity index (χ0) is 14.4. The number of nitrogens with two attached hydrogens (primary N) is 1. The van der Waals surface area contributed by atoms with Crippen LogP contribution in [0, 0.1) is 0 Å². The fraction of sp³-hybridized carbons (Fsp3) is 0.0714. The Morgan fingerprint density at radius 1 is 1.20 bits per heavy atom. The van der Waals surface area contributed by atoms with Gasteiger partial charge in [0.2, 0.25) is 5.91 Å². The number of carbonyl (C=O) groups is 2. The summed E-state index contributed by atoms with van der Waals surface area (Å²) in [5, 5.41) is 2.80. The maximum absolute atomic E-state index is 12.1. The number of thioether (sulfide) groups is 1. The van der Waals surface area contributed by atoms with Crippen molar-refractivity contribution in [2.24, 2.45) is 5.73 Å². The van der Waals surface area contributed by atoms with Gasteiger partial charge in [0.25, 0.3) is 5.91 Å². The largest absolute Gasteiger partial charge is 0.369 e. The smallest absolute Gasteiger partial charge is 0.257 e. The highest BCUT2D eigenvalue weighted by Crippen LogP contribution is 2.27. The molecule has 2 amide bonds. The summed E-state index contributed by atoms with van der Waals surface area (Å²) in [4.78, 5) is 27.6. The van der Waals surface area contributed by atoms with E-state index in [1.165, 1.54) is 18.0 Å². The van der Waals surface area contributed by atoms with Gasteiger partial charge in [0.05, 0.1) is 17.0 Å². The van der Waals surface area contributed by atoms with E-state index in [1.54, 1.807) is 24.4 Å². The minimum Gasteiger partial charge on any atom is -0.369 e. The van der Waals surface area contributed by atoms with Crippen LogP contribution in [0.2, 0.25) is 0 Å². The molecule has 0 unspecified atom stereocenters. The maximum Gasteiger partial charge on any atom is 0.257 e. The lowest BCUT2D eigenvalue weighted by molar-refractivity contribution is -0.115. The third-order valence-corrected chi connectivity index (χ3v) is 3.52. The number of benzene rings is 1. The Hall–Kier alpha value is -2.34. The predicted molar refractivity (Wildman–Crippen MR) is 78.6 cm³/mol. The van der Waals surface area contributed by atoms with E-state index in [9.17, 15) is 9.59 Å². The molecule has 20 heavy (non-hydrogen) atoms. The van der Waals surface area contributed by atoms with Crippen molar-refractivity contribution in [1.82, 2.24) is 4.98 Å². The molecule has 0 aliphatic rings. The number of anilines is 1. The van der Waals surface area contributed by atoms with Gasteiger partial charge in [0.15, 0.2) is 0 Å². The first-order valence-electron chi connectivity index (χ1n) is 5.88. The van der Waals surface area contributed by atoms with Gasteiger partial charge in [-0.1, -0.05) is 12.1 Å². The Kier molecular flexibility index (Phi) is 4.73. The third kappa shape index (κ3) is 3.83. The van der Waals surface area contributed by atoms with E-state index in [1.807, 2.05) is 18.2 Å². The summed E-state index contributed by atoms with van der Waals surface area (Å²) in [6.45, 7) is 0. The number of hydrogen-bond donors (Lipinski definition) is 2. The second kappa shape index (κ2) is 6.72. The second-order valence-electron chi connectivity index (χ2n) is 3.95. The zero-order valence-electron chi connectivity index (χ0n) is 10.6. The van der Waals surface area contributed by atoms with Gasteiger partial charge >= 0.3 is 0 Å². The molecular weight excluding hydrogens is 274 g/mol. The summed E-state index contributed by atoms with van der Waals surface area (Å²) in [5.41, 5.74) is 6.25. The molecule has 0 aliphatic carbocycles. The Labute approximate surface area is 120 Å². The van der Waals surface area contributed by atoms with Crippen LogP contribution >= 0.6 is 11.8 Å². The summed E-state index contributed by atoms with van der Waals surface area (Å²) in [6, 6.07) is 10.6. The number of amides is 2. The van der Waals surface area contributed by atoms with E-state index in [-0.39, 0.29) is 11.7 Å². The van der Waals surface area contributed by atoms with Crippen molar-refractivity contribution < 1.29 is 9.59 Å². The summed E-state index contributed by atoms with van der Waals surface area (Å²) in [5.74, 6) is -0.478. The van der Waals surface area contributed by atoms with Crippen molar-refractivity contribution in [3.05, 3.63) is 54.4 Å². The standard InChI is InChI=1S/C14H13N3O2S/c15-13(18)9-20-12-6-2-1-5-11(12)17-14(19)10-4-3-7-16-8-10/h1-8H,9H2,(H2,15,18)(H,17,19). The average molecular weight is 287 g/mol. The molecule has 0 bridgehead atoms. The number of nitrogens with zero attached hydrogens (tertiary/aromatic N) is 1. The minimum atomic E-state index is -0.400. The van der Waals surface area contributed by atoms with Crippen molar-refractivity contribution in [1.29, 1.82) is 0 Å². The topological polar surface area (TPSA) is 85.1 Å². The van der Waals surface area contributed by atoms with Crippen molar-refractivity contribution in [3.8, 4) is 0 Å². The lowest BCUT2D eigenvalue weighted by atomic mass is 10.2. The van der Waals surface area contributed by atoms with Gasteiger partial charge in [-0.05, 0) is 24.3 Å². The first kappa shape index (κ1) is 14.1. The lowest BCUT2D eigenvalue weighted by Crippen LogP contribution is -2.14. The number of rotatable bonds is 5. The number of pyridine rings is 1. The maximum atomic E-state index is 12.1. The van der Waals surface area contributed by atoms with Gasteiger partial charge in [0, 0.05) is 17.3 Å². The van der Waals surface area contributed by atoms with Crippen molar-refractivity contribution in [2.45, 2.75) is 4.90 Å². The van der Waals surface area contributed by atoms with Crippen LogP contribution in [-0.4, -0.2) is 22.6 Å². The molecule has 102 valence electrons. The van der Waals surface area contributed by atoms with Crippen LogP contribution in [0.25, 0.3) is 0 Å². The molecule has 0 radical (unpaired) electrons. The Morgan fingerprint density at radius 2 is 2.00 bits per heavy atom. The van der Waals surface area contributed by atoms with Crippen molar-refractivity contribution in [3.63, 3.8) is 0 Å². The van der Waals surface area contributed by atoms with Crippen molar-refractivity contribution >= 4 is 29.3 Å². The first-order valence-corrected chi connectivity index (χ1v) is 6.87. The molecule has 1 aromatic carbocycles. The van der Waals surface area contributed by atoms with Crippen LogP contribution in [0.3, 0.4) is 0 Å². The summed E-state index contributed by atoms with van der Waals surface area (Å²) in [6.07, 6.45) is 3.10. The van der Waals surface area contributed by atoms with Crippen LogP contribution in [0.5, 0.6) is 0 Å². The highest BCUT2D eigenvalue weighted by molar-refractivity contribution is 8.00. The monoisotopic (exact) mass is 287 g/mol. The van der Waals surface area contributed by atoms with Crippen molar-refractivity contribution in [2.75, 3.05) is 11.1 Å². The van der Waals surface area contributed by atoms with E-state index in [2.05, 4.69) is 10.3 Å². The fourth-order valence-electron chi connectivity index (χ4n) is 1.54. The number of para-hydroxylation sites is 1. The molecule has 0 saturated carbocycles. The highest BCUT2D eigenvalue weighted by atomic mass is 32.2. The molecule has 5 nitrogen and oxygen atoms in total. The average Bonchev–Trinajstić information content (AvgIpc) is 2.47. The number of aromatic nitrogens is 1. The summed E-state index contributed by atoms with van der Waals surface area (Å²) in [7, 11) is 0. The molecule has 2 rings (SSSR count). The summed E-state index contributed by atoms with van der Waals surface area (Å²) < 4.78 is 0. The Balaban J connectivity index is 2.13. The normalized spacial score (nSPS) is 10.0. The first-order chi connectivity index (χ1) is 9.66. The van der Waals surface area contributed by atoms with Gasteiger partial charge in [-0.25, -0.2) is 0 Å². The number of nitrogens with one attached hydrogen (secondary N) is 1. The second-order valence-corrected chi connectivity index (χ2v) is 4.96. The molecular formula is C14H13N3O2S. The Morgan fingerprint density at radius 3 is 2.70 bits per heavy atom. The van der Waals surface area contributed by atoms with Crippen LogP contribution in [0.4, 0.5) is 5.69 Å². The van der Waals surface area contributed by atoms with Crippen LogP contribution in [0.15, 0.2) is 53.7 Å². The predicted octanol–water partition coefficient (Wildman–Crippen LogP) is 1.91. The van der Waals surface area contributed by atoms with E-state index in [0.717, 1.165) is 4.90 Å². The third-order valence-electron chi connectivity index (χ3n) is 2.43. The molecule has 0 saturated heterocycles. The molecule has 0 atom stereocenters. The van der Waals surface area contributed by atoms with Gasteiger partial charge in [-0.15, -0.1) is 11.8 Å².